The van der Waals surface area contributed by atoms with Crippen molar-refractivity contribution in [2.75, 3.05) is 0 Å². The summed E-state index contributed by atoms with van der Waals surface area (Å²) < 4.78 is 4.98. The van der Waals surface area contributed by atoms with Crippen molar-refractivity contribution in [3.05, 3.63) is 95.9 Å². The second-order valence-corrected chi connectivity index (χ2v) is 5.70. The molecule has 0 bridgehead atoms. The molecule has 3 rings (SSSR count). The predicted octanol–water partition coefficient (Wildman–Crippen LogP) is 3.55. The van der Waals surface area contributed by atoms with Gasteiger partial charge in [-0.15, -0.1) is 0 Å². The van der Waals surface area contributed by atoms with E-state index in [1.807, 2.05) is 60.7 Å². The van der Waals surface area contributed by atoms with Gasteiger partial charge in [-0.05, 0) is 17.2 Å². The monoisotopic (exact) mass is 336 g/mol. The minimum Gasteiger partial charge on any atom is -0.472 e. The molecular formula is C20H20N2O3. The molecule has 0 aliphatic heterocycles. The van der Waals surface area contributed by atoms with Gasteiger partial charge in [-0.3, -0.25) is 0 Å². The molecule has 0 saturated carbocycles. The van der Waals surface area contributed by atoms with Crippen LogP contribution in [0.3, 0.4) is 0 Å². The lowest BCUT2D eigenvalue weighted by Gasteiger charge is -2.25. The van der Waals surface area contributed by atoms with E-state index in [0.29, 0.717) is 6.54 Å². The van der Waals surface area contributed by atoms with E-state index in [4.69, 9.17) is 4.42 Å². The molecule has 2 atom stereocenters. The fraction of sp³-hybridized carbons (Fsp3) is 0.150. The first-order valence-electron chi connectivity index (χ1n) is 8.07. The van der Waals surface area contributed by atoms with Gasteiger partial charge in [0.2, 0.25) is 0 Å². The molecule has 0 aliphatic carbocycles. The number of benzene rings is 2. The Labute approximate surface area is 146 Å². The van der Waals surface area contributed by atoms with Crippen molar-refractivity contribution in [3.63, 3.8) is 0 Å². The van der Waals surface area contributed by atoms with Gasteiger partial charge in [0.1, 0.15) is 6.10 Å². The molecule has 0 spiro atoms. The molecule has 0 saturated heterocycles. The van der Waals surface area contributed by atoms with Crippen LogP contribution in [-0.2, 0) is 6.54 Å². The molecule has 0 radical (unpaired) electrons. The van der Waals surface area contributed by atoms with Crippen LogP contribution in [0, 0.1) is 0 Å². The smallest absolute Gasteiger partial charge is 0.315 e. The van der Waals surface area contributed by atoms with Crippen LogP contribution < -0.4 is 10.6 Å². The molecule has 2 aromatic carbocycles. The van der Waals surface area contributed by atoms with Crippen molar-refractivity contribution in [1.29, 1.82) is 0 Å². The highest BCUT2D eigenvalue weighted by molar-refractivity contribution is 5.74. The number of aliphatic hydroxyl groups is 1. The largest absolute Gasteiger partial charge is 0.472 e. The molecule has 5 nitrogen and oxygen atoms in total. The van der Waals surface area contributed by atoms with E-state index in [2.05, 4.69) is 10.6 Å². The number of amides is 2. The Bertz CT molecular complexity index is 773. The molecule has 128 valence electrons. The number of carbonyl (C=O) groups is 1. The van der Waals surface area contributed by atoms with Crippen molar-refractivity contribution in [1.82, 2.24) is 10.6 Å². The zero-order valence-electron chi connectivity index (χ0n) is 13.6. The Hall–Kier alpha value is -3.05. The Kier molecular flexibility index (Phi) is 5.49. The van der Waals surface area contributed by atoms with E-state index in [0.717, 1.165) is 16.7 Å². The Morgan fingerprint density at radius 3 is 2.20 bits per heavy atom. The van der Waals surface area contributed by atoms with Crippen LogP contribution in [0.15, 0.2) is 83.7 Å². The first-order valence-corrected chi connectivity index (χ1v) is 8.07. The van der Waals surface area contributed by atoms with E-state index < -0.39 is 12.1 Å². The number of furan rings is 1. The maximum Gasteiger partial charge on any atom is 0.315 e. The van der Waals surface area contributed by atoms with E-state index in [1.54, 1.807) is 18.6 Å². The number of urea groups is 1. The summed E-state index contributed by atoms with van der Waals surface area (Å²) in [7, 11) is 0. The molecule has 1 heterocycles. The first kappa shape index (κ1) is 16.8. The third-order valence-electron chi connectivity index (χ3n) is 3.94. The zero-order chi connectivity index (χ0) is 17.5. The van der Waals surface area contributed by atoms with Crippen LogP contribution in [0.4, 0.5) is 4.79 Å². The van der Waals surface area contributed by atoms with Crippen LogP contribution in [0.5, 0.6) is 0 Å². The molecule has 0 aliphatic rings. The molecule has 3 N–H and O–H groups in total. The lowest BCUT2D eigenvalue weighted by atomic mass is 9.96. The summed E-state index contributed by atoms with van der Waals surface area (Å²) in [6, 6.07) is 19.6. The lowest BCUT2D eigenvalue weighted by molar-refractivity contribution is 0.130. The van der Waals surface area contributed by atoms with E-state index in [1.165, 1.54) is 0 Å². The minimum atomic E-state index is -0.858. The third kappa shape index (κ3) is 4.49. The maximum atomic E-state index is 12.3. The quantitative estimate of drug-likeness (QED) is 0.644. The Morgan fingerprint density at radius 2 is 1.60 bits per heavy atom. The van der Waals surface area contributed by atoms with Crippen molar-refractivity contribution in [2.24, 2.45) is 0 Å². The summed E-state index contributed by atoms with van der Waals surface area (Å²) in [4.78, 5) is 12.3. The van der Waals surface area contributed by atoms with Crippen molar-refractivity contribution in [3.8, 4) is 0 Å². The van der Waals surface area contributed by atoms with E-state index >= 15 is 0 Å². The summed E-state index contributed by atoms with van der Waals surface area (Å²) in [5.74, 6) is 0. The average Bonchev–Trinajstić information content (AvgIpc) is 3.19. The number of hydrogen-bond donors (Lipinski definition) is 3. The fourth-order valence-electron chi connectivity index (χ4n) is 2.62. The summed E-state index contributed by atoms with van der Waals surface area (Å²) >= 11 is 0. The Morgan fingerprint density at radius 1 is 0.960 bits per heavy atom. The van der Waals surface area contributed by atoms with E-state index in [9.17, 15) is 9.90 Å². The van der Waals surface area contributed by atoms with Crippen molar-refractivity contribution >= 4 is 6.03 Å². The number of rotatable bonds is 6. The number of aliphatic hydroxyl groups excluding tert-OH is 1. The first-order chi connectivity index (χ1) is 12.2. The molecule has 3 aromatic rings. The summed E-state index contributed by atoms with van der Waals surface area (Å²) in [5, 5.41) is 16.4. The standard InChI is InChI=1S/C20H20N2O3/c23-19(17-9-5-2-6-10-17)18(16-7-3-1-4-8-16)22-20(24)21-13-15-11-12-25-14-15/h1-12,14,18-19,23H,13H2,(H2,21,22,24)/t18-,19+/m1/s1. The number of nitrogens with one attached hydrogen (secondary N) is 2. The van der Waals surface area contributed by atoms with Crippen LogP contribution in [0.2, 0.25) is 0 Å². The van der Waals surface area contributed by atoms with Gasteiger partial charge >= 0.3 is 6.03 Å². The predicted molar refractivity (Wildman–Crippen MR) is 94.7 cm³/mol. The van der Waals surface area contributed by atoms with Crippen LogP contribution in [-0.4, -0.2) is 11.1 Å². The molecular weight excluding hydrogens is 316 g/mol. The second-order valence-electron chi connectivity index (χ2n) is 5.70. The van der Waals surface area contributed by atoms with E-state index in [-0.39, 0.29) is 6.03 Å². The molecule has 25 heavy (non-hydrogen) atoms. The molecule has 1 aromatic heterocycles. The minimum absolute atomic E-state index is 0.352. The highest BCUT2D eigenvalue weighted by atomic mass is 16.3. The summed E-state index contributed by atoms with van der Waals surface area (Å²) in [6.07, 6.45) is 2.28. The van der Waals surface area contributed by atoms with Crippen LogP contribution in [0.25, 0.3) is 0 Å². The molecule has 2 amide bonds. The van der Waals surface area contributed by atoms with Gasteiger partial charge in [-0.1, -0.05) is 60.7 Å². The molecule has 0 unspecified atom stereocenters. The van der Waals surface area contributed by atoms with Gasteiger partial charge < -0.3 is 20.2 Å². The maximum absolute atomic E-state index is 12.3. The van der Waals surface area contributed by atoms with Crippen LogP contribution in [0.1, 0.15) is 28.8 Å². The van der Waals surface area contributed by atoms with Gasteiger partial charge in [0, 0.05) is 12.1 Å². The number of hydrogen-bond acceptors (Lipinski definition) is 3. The van der Waals surface area contributed by atoms with Crippen molar-refractivity contribution in [2.45, 2.75) is 18.7 Å². The van der Waals surface area contributed by atoms with Gasteiger partial charge in [0.25, 0.3) is 0 Å². The summed E-state index contributed by atoms with van der Waals surface area (Å²) in [5.41, 5.74) is 2.44. The highest BCUT2D eigenvalue weighted by Gasteiger charge is 2.24. The third-order valence-corrected chi connectivity index (χ3v) is 3.94. The van der Waals surface area contributed by atoms with Gasteiger partial charge in [-0.2, -0.15) is 0 Å². The van der Waals surface area contributed by atoms with Gasteiger partial charge in [0.05, 0.1) is 18.6 Å². The zero-order valence-corrected chi connectivity index (χ0v) is 13.6. The topological polar surface area (TPSA) is 74.5 Å². The van der Waals surface area contributed by atoms with Crippen LogP contribution >= 0.6 is 0 Å². The SMILES string of the molecule is O=C(NCc1ccoc1)N[C@H](c1ccccc1)[C@@H](O)c1ccccc1. The fourth-order valence-corrected chi connectivity index (χ4v) is 2.62. The van der Waals surface area contributed by atoms with Gasteiger partial charge in [-0.25, -0.2) is 4.79 Å². The Balaban J connectivity index is 1.73. The van der Waals surface area contributed by atoms with Gasteiger partial charge in [0.15, 0.2) is 0 Å². The highest BCUT2D eigenvalue weighted by Crippen LogP contribution is 2.28. The number of carbonyl (C=O) groups excluding carboxylic acids is 1. The lowest BCUT2D eigenvalue weighted by Crippen LogP contribution is -2.39. The second kappa shape index (κ2) is 8.17. The average molecular weight is 336 g/mol. The molecule has 5 heteroatoms. The summed E-state index contributed by atoms with van der Waals surface area (Å²) in [6.45, 7) is 0.352. The molecule has 0 fully saturated rings. The van der Waals surface area contributed by atoms with Crippen molar-refractivity contribution < 1.29 is 14.3 Å². The normalized spacial score (nSPS) is 13.0.